The van der Waals surface area contributed by atoms with Gasteiger partial charge in [-0.25, -0.2) is 0 Å². The van der Waals surface area contributed by atoms with Crippen molar-refractivity contribution in [3.05, 3.63) is 0 Å². The Bertz CT molecular complexity index is 169. The molecule has 0 radical (unpaired) electrons. The first kappa shape index (κ1) is 10.4. The van der Waals surface area contributed by atoms with E-state index in [0.29, 0.717) is 12.1 Å². The van der Waals surface area contributed by atoms with Gasteiger partial charge in [-0.2, -0.15) is 0 Å². The number of hydrogen-bond donors (Lipinski definition) is 1. The lowest BCUT2D eigenvalue weighted by Gasteiger charge is -2.30. The zero-order valence-corrected chi connectivity index (χ0v) is 8.95. The fraction of sp³-hybridized carbons (Fsp3) is 1.00. The molecule has 0 aromatic carbocycles. The first-order chi connectivity index (χ1) is 6.90. The van der Waals surface area contributed by atoms with Crippen LogP contribution in [0.5, 0.6) is 0 Å². The summed E-state index contributed by atoms with van der Waals surface area (Å²) in [5, 5.41) is 0. The molecule has 0 aromatic rings. The molecule has 2 rings (SSSR count). The number of rotatable bonds is 3. The summed E-state index contributed by atoms with van der Waals surface area (Å²) in [4.78, 5) is 2.52. The van der Waals surface area contributed by atoms with E-state index in [1.54, 1.807) is 0 Å². The molecule has 0 amide bonds. The Morgan fingerprint density at radius 3 is 2.86 bits per heavy atom. The molecule has 2 saturated heterocycles. The predicted octanol–water partition coefficient (Wildman–Crippen LogP) is 0.979. The van der Waals surface area contributed by atoms with Gasteiger partial charge < -0.3 is 10.5 Å². The highest BCUT2D eigenvalue weighted by Crippen LogP contribution is 2.20. The number of likely N-dealkylation sites (tertiary alicyclic amines) is 1. The molecule has 2 fully saturated rings. The summed E-state index contributed by atoms with van der Waals surface area (Å²) < 4.78 is 5.75. The topological polar surface area (TPSA) is 38.5 Å². The zero-order valence-electron chi connectivity index (χ0n) is 8.95. The molecule has 2 aliphatic heterocycles. The van der Waals surface area contributed by atoms with E-state index >= 15 is 0 Å². The standard InChI is InChI=1S/C11H22N2O/c12-8-10-4-3-6-13(10)9-11-5-1-2-7-14-11/h10-11H,1-9,12H2/t10-,11?/m1/s1. The lowest BCUT2D eigenvalue weighted by atomic mass is 10.1. The average Bonchev–Trinajstić information content (AvgIpc) is 2.67. The molecule has 2 N–H and O–H groups in total. The van der Waals surface area contributed by atoms with Crippen LogP contribution in [0, 0.1) is 0 Å². The molecule has 0 saturated carbocycles. The van der Waals surface area contributed by atoms with Crippen molar-refractivity contribution in [3.8, 4) is 0 Å². The van der Waals surface area contributed by atoms with Crippen molar-refractivity contribution < 1.29 is 4.74 Å². The third kappa shape index (κ3) is 2.47. The van der Waals surface area contributed by atoms with Crippen molar-refractivity contribution in [2.45, 2.75) is 44.2 Å². The van der Waals surface area contributed by atoms with E-state index in [9.17, 15) is 0 Å². The van der Waals surface area contributed by atoms with Gasteiger partial charge in [-0.05, 0) is 38.6 Å². The molecule has 3 heteroatoms. The third-order valence-electron chi connectivity index (χ3n) is 3.48. The normalized spacial score (nSPS) is 34.9. The van der Waals surface area contributed by atoms with Crippen molar-refractivity contribution in [3.63, 3.8) is 0 Å². The van der Waals surface area contributed by atoms with E-state index in [2.05, 4.69) is 4.90 Å². The van der Waals surface area contributed by atoms with Gasteiger partial charge >= 0.3 is 0 Å². The van der Waals surface area contributed by atoms with E-state index in [0.717, 1.165) is 19.7 Å². The number of hydrogen-bond acceptors (Lipinski definition) is 3. The molecule has 2 aliphatic rings. The molecule has 3 nitrogen and oxygen atoms in total. The van der Waals surface area contributed by atoms with Gasteiger partial charge in [0, 0.05) is 25.7 Å². The highest BCUT2D eigenvalue weighted by molar-refractivity contribution is 4.82. The van der Waals surface area contributed by atoms with Crippen molar-refractivity contribution >= 4 is 0 Å². The van der Waals surface area contributed by atoms with E-state index in [-0.39, 0.29) is 0 Å². The van der Waals surface area contributed by atoms with Crippen LogP contribution in [0.4, 0.5) is 0 Å². The van der Waals surface area contributed by atoms with Crippen LogP contribution in [-0.2, 0) is 4.74 Å². The second-order valence-corrected chi connectivity index (χ2v) is 4.52. The zero-order chi connectivity index (χ0) is 9.80. The van der Waals surface area contributed by atoms with Crippen LogP contribution in [0.15, 0.2) is 0 Å². The second kappa shape index (κ2) is 5.10. The highest BCUT2D eigenvalue weighted by atomic mass is 16.5. The Hall–Kier alpha value is -0.120. The van der Waals surface area contributed by atoms with Crippen molar-refractivity contribution in [1.29, 1.82) is 0 Å². The van der Waals surface area contributed by atoms with Crippen LogP contribution in [0.3, 0.4) is 0 Å². The first-order valence-corrected chi connectivity index (χ1v) is 5.96. The van der Waals surface area contributed by atoms with Crippen LogP contribution < -0.4 is 5.73 Å². The molecule has 0 aromatic heterocycles. The Morgan fingerprint density at radius 1 is 1.21 bits per heavy atom. The Balaban J connectivity index is 1.77. The molecule has 82 valence electrons. The van der Waals surface area contributed by atoms with Crippen LogP contribution in [0.25, 0.3) is 0 Å². The Kier molecular flexibility index (Phi) is 3.79. The summed E-state index contributed by atoms with van der Waals surface area (Å²) in [6.07, 6.45) is 6.91. The Labute approximate surface area is 86.6 Å². The molecule has 1 unspecified atom stereocenters. The molecule has 0 bridgehead atoms. The number of nitrogens with two attached hydrogens (primary N) is 1. The number of ether oxygens (including phenoxy) is 1. The van der Waals surface area contributed by atoms with Crippen LogP contribution in [0.2, 0.25) is 0 Å². The average molecular weight is 198 g/mol. The quantitative estimate of drug-likeness (QED) is 0.734. The molecule has 2 atom stereocenters. The minimum Gasteiger partial charge on any atom is -0.377 e. The first-order valence-electron chi connectivity index (χ1n) is 5.96. The fourth-order valence-electron chi connectivity index (χ4n) is 2.62. The van der Waals surface area contributed by atoms with Crippen LogP contribution in [0.1, 0.15) is 32.1 Å². The van der Waals surface area contributed by atoms with Crippen molar-refractivity contribution in [2.24, 2.45) is 5.73 Å². The Morgan fingerprint density at radius 2 is 2.14 bits per heavy atom. The summed E-state index contributed by atoms with van der Waals surface area (Å²) >= 11 is 0. The molecule has 2 heterocycles. The molecular formula is C11H22N2O. The maximum Gasteiger partial charge on any atom is 0.0702 e. The van der Waals surface area contributed by atoms with Crippen molar-refractivity contribution in [2.75, 3.05) is 26.2 Å². The molecular weight excluding hydrogens is 176 g/mol. The summed E-state index contributed by atoms with van der Waals surface area (Å²) in [6, 6.07) is 0.625. The van der Waals surface area contributed by atoms with Crippen LogP contribution >= 0.6 is 0 Å². The second-order valence-electron chi connectivity index (χ2n) is 4.52. The maximum absolute atomic E-state index is 5.75. The van der Waals surface area contributed by atoms with Gasteiger partial charge in [0.2, 0.25) is 0 Å². The summed E-state index contributed by atoms with van der Waals surface area (Å²) in [5.74, 6) is 0. The van der Waals surface area contributed by atoms with Gasteiger partial charge in [-0.3, -0.25) is 4.90 Å². The fourth-order valence-corrected chi connectivity index (χ4v) is 2.62. The van der Waals surface area contributed by atoms with Gasteiger partial charge in [0.15, 0.2) is 0 Å². The molecule has 14 heavy (non-hydrogen) atoms. The van der Waals surface area contributed by atoms with Gasteiger partial charge in [-0.15, -0.1) is 0 Å². The molecule has 0 aliphatic carbocycles. The minimum atomic E-state index is 0.482. The summed E-state index contributed by atoms with van der Waals surface area (Å²) in [6.45, 7) is 4.11. The minimum absolute atomic E-state index is 0.482. The number of nitrogens with zero attached hydrogens (tertiary/aromatic N) is 1. The van der Waals surface area contributed by atoms with E-state index in [1.165, 1.54) is 38.6 Å². The van der Waals surface area contributed by atoms with Gasteiger partial charge in [0.25, 0.3) is 0 Å². The van der Waals surface area contributed by atoms with Crippen LogP contribution in [-0.4, -0.2) is 43.3 Å². The SMILES string of the molecule is NC[C@H]1CCCN1CC1CCCCO1. The predicted molar refractivity (Wildman–Crippen MR) is 57.2 cm³/mol. The lowest BCUT2D eigenvalue weighted by molar-refractivity contribution is -0.00732. The lowest BCUT2D eigenvalue weighted by Crippen LogP contribution is -2.41. The smallest absolute Gasteiger partial charge is 0.0702 e. The van der Waals surface area contributed by atoms with Gasteiger partial charge in [0.1, 0.15) is 0 Å². The monoisotopic (exact) mass is 198 g/mol. The highest BCUT2D eigenvalue weighted by Gasteiger charge is 2.26. The van der Waals surface area contributed by atoms with Gasteiger partial charge in [-0.1, -0.05) is 0 Å². The largest absolute Gasteiger partial charge is 0.377 e. The van der Waals surface area contributed by atoms with E-state index in [4.69, 9.17) is 10.5 Å². The summed E-state index contributed by atoms with van der Waals surface area (Å²) in [5.41, 5.74) is 5.75. The van der Waals surface area contributed by atoms with E-state index in [1.807, 2.05) is 0 Å². The van der Waals surface area contributed by atoms with Crippen molar-refractivity contribution in [1.82, 2.24) is 4.90 Å². The molecule has 0 spiro atoms. The van der Waals surface area contributed by atoms with Gasteiger partial charge in [0.05, 0.1) is 6.10 Å². The summed E-state index contributed by atoms with van der Waals surface area (Å²) in [7, 11) is 0. The third-order valence-corrected chi connectivity index (χ3v) is 3.48. The maximum atomic E-state index is 5.75. The van der Waals surface area contributed by atoms with E-state index < -0.39 is 0 Å².